The maximum absolute atomic E-state index is 13.1. The molecule has 6 heteroatoms. The average molecular weight is 228 g/mol. The van der Waals surface area contributed by atoms with Crippen molar-refractivity contribution in [2.24, 2.45) is 5.73 Å². The van der Waals surface area contributed by atoms with Crippen LogP contribution in [0.3, 0.4) is 0 Å². The highest BCUT2D eigenvalue weighted by Crippen LogP contribution is 2.33. The Labute approximate surface area is 82.5 Å². The lowest BCUT2D eigenvalue weighted by Gasteiger charge is -2.16. The van der Waals surface area contributed by atoms with E-state index < -0.39 is 23.6 Å². The van der Waals surface area contributed by atoms with Crippen LogP contribution in [0.15, 0.2) is 18.2 Å². The monoisotopic (exact) mass is 227 g/mol. The first kappa shape index (κ1) is 11.3. The van der Waals surface area contributed by atoms with Crippen molar-refractivity contribution in [2.45, 2.75) is 12.2 Å². The maximum atomic E-state index is 13.1. The Bertz CT molecular complexity index is 337. The summed E-state index contributed by atoms with van der Waals surface area (Å²) in [4.78, 5) is 0. The first-order valence-corrected chi connectivity index (χ1v) is 3.98. The zero-order valence-corrected chi connectivity index (χ0v) is 7.53. The summed E-state index contributed by atoms with van der Waals surface area (Å²) in [5.74, 6) is -1.13. The number of alkyl halides is 3. The van der Waals surface area contributed by atoms with Crippen LogP contribution < -0.4 is 5.73 Å². The third kappa shape index (κ3) is 2.16. The molecule has 0 heterocycles. The van der Waals surface area contributed by atoms with Gasteiger partial charge in [-0.15, -0.1) is 0 Å². The highest BCUT2D eigenvalue weighted by molar-refractivity contribution is 6.30. The van der Waals surface area contributed by atoms with Gasteiger partial charge in [0.1, 0.15) is 11.9 Å². The summed E-state index contributed by atoms with van der Waals surface area (Å²) in [7, 11) is 0. The number of nitrogens with two attached hydrogens (primary N) is 1. The molecule has 1 rings (SSSR count). The number of rotatable bonds is 1. The van der Waals surface area contributed by atoms with Gasteiger partial charge in [0.2, 0.25) is 0 Å². The zero-order chi connectivity index (χ0) is 10.9. The van der Waals surface area contributed by atoms with E-state index >= 15 is 0 Å². The van der Waals surface area contributed by atoms with E-state index in [1.165, 1.54) is 6.07 Å². The molecule has 1 aromatic carbocycles. The standard InChI is InChI=1S/C8H6ClF4N/c9-5-3-1-2-4(6(5)10)7(14)8(11,12)13/h1-3,7H,14H2/t7-/m0/s1. The first-order chi connectivity index (χ1) is 6.34. The number of halogens is 5. The first-order valence-electron chi connectivity index (χ1n) is 3.60. The molecule has 0 aliphatic rings. The predicted octanol–water partition coefficient (Wildman–Crippen LogP) is 3.04. The van der Waals surface area contributed by atoms with Crippen molar-refractivity contribution >= 4 is 11.6 Å². The quantitative estimate of drug-likeness (QED) is 0.734. The van der Waals surface area contributed by atoms with Gasteiger partial charge in [0, 0.05) is 5.56 Å². The van der Waals surface area contributed by atoms with E-state index in [-0.39, 0.29) is 5.02 Å². The fraction of sp³-hybridized carbons (Fsp3) is 0.250. The molecule has 0 saturated carbocycles. The molecule has 0 radical (unpaired) electrons. The minimum atomic E-state index is -4.68. The van der Waals surface area contributed by atoms with Gasteiger partial charge in [-0.05, 0) is 6.07 Å². The topological polar surface area (TPSA) is 26.0 Å². The number of hydrogen-bond acceptors (Lipinski definition) is 1. The SMILES string of the molecule is N[C@@H](c1cccc(Cl)c1F)C(F)(F)F. The van der Waals surface area contributed by atoms with Crippen molar-refractivity contribution in [3.63, 3.8) is 0 Å². The zero-order valence-electron chi connectivity index (χ0n) is 6.78. The van der Waals surface area contributed by atoms with E-state index in [9.17, 15) is 17.6 Å². The normalized spacial score (nSPS) is 14.1. The lowest BCUT2D eigenvalue weighted by atomic mass is 10.1. The molecule has 0 saturated heterocycles. The van der Waals surface area contributed by atoms with Gasteiger partial charge in [0.05, 0.1) is 5.02 Å². The van der Waals surface area contributed by atoms with E-state index in [1.54, 1.807) is 0 Å². The van der Waals surface area contributed by atoms with Crippen molar-refractivity contribution in [1.29, 1.82) is 0 Å². The molecule has 1 nitrogen and oxygen atoms in total. The highest BCUT2D eigenvalue weighted by atomic mass is 35.5. The molecule has 0 amide bonds. The Morgan fingerprint density at radius 1 is 1.29 bits per heavy atom. The Hall–Kier alpha value is -0.810. The molecular weight excluding hydrogens is 222 g/mol. The largest absolute Gasteiger partial charge is 0.407 e. The van der Waals surface area contributed by atoms with Gasteiger partial charge >= 0.3 is 6.18 Å². The van der Waals surface area contributed by atoms with Crippen LogP contribution in [0.4, 0.5) is 17.6 Å². The fourth-order valence-electron chi connectivity index (χ4n) is 0.937. The highest BCUT2D eigenvalue weighted by Gasteiger charge is 2.39. The summed E-state index contributed by atoms with van der Waals surface area (Å²) >= 11 is 5.31. The predicted molar refractivity (Wildman–Crippen MR) is 44.4 cm³/mol. The summed E-state index contributed by atoms with van der Waals surface area (Å²) in [5.41, 5.74) is 4.17. The summed E-state index contributed by atoms with van der Waals surface area (Å²) < 4.78 is 49.4. The van der Waals surface area contributed by atoms with Gasteiger partial charge in [-0.25, -0.2) is 4.39 Å². The van der Waals surface area contributed by atoms with Crippen molar-refractivity contribution in [3.8, 4) is 0 Å². The van der Waals surface area contributed by atoms with E-state index in [0.717, 1.165) is 12.1 Å². The third-order valence-electron chi connectivity index (χ3n) is 1.67. The van der Waals surface area contributed by atoms with Crippen LogP contribution in [0, 0.1) is 5.82 Å². The molecule has 14 heavy (non-hydrogen) atoms. The number of benzene rings is 1. The Balaban J connectivity index is 3.14. The lowest BCUT2D eigenvalue weighted by molar-refractivity contribution is -0.149. The second kappa shape index (κ2) is 3.74. The van der Waals surface area contributed by atoms with Gasteiger partial charge in [-0.1, -0.05) is 23.7 Å². The Morgan fingerprint density at radius 2 is 1.86 bits per heavy atom. The molecule has 1 aromatic rings. The van der Waals surface area contributed by atoms with Crippen LogP contribution in [0.1, 0.15) is 11.6 Å². The minimum Gasteiger partial charge on any atom is -0.316 e. The molecule has 0 unspecified atom stereocenters. The summed E-state index contributed by atoms with van der Waals surface area (Å²) in [6.45, 7) is 0. The molecule has 0 aromatic heterocycles. The molecule has 2 N–H and O–H groups in total. The van der Waals surface area contributed by atoms with E-state index in [1.807, 2.05) is 0 Å². The average Bonchev–Trinajstić information content (AvgIpc) is 2.07. The lowest BCUT2D eigenvalue weighted by Crippen LogP contribution is -2.29. The van der Waals surface area contributed by atoms with Crippen molar-refractivity contribution < 1.29 is 17.6 Å². The summed E-state index contributed by atoms with van der Waals surface area (Å²) in [6, 6.07) is 0.982. The molecule has 0 aliphatic heterocycles. The van der Waals surface area contributed by atoms with Crippen molar-refractivity contribution in [1.82, 2.24) is 0 Å². The minimum absolute atomic E-state index is 0.373. The molecule has 78 valence electrons. The second-order valence-electron chi connectivity index (χ2n) is 2.66. The summed E-state index contributed by atoms with van der Waals surface area (Å²) in [6.07, 6.45) is -4.68. The van der Waals surface area contributed by atoms with Gasteiger partial charge in [0.15, 0.2) is 0 Å². The van der Waals surface area contributed by atoms with Crippen LogP contribution in [-0.4, -0.2) is 6.18 Å². The second-order valence-corrected chi connectivity index (χ2v) is 3.07. The van der Waals surface area contributed by atoms with Crippen LogP contribution in [0.25, 0.3) is 0 Å². The van der Waals surface area contributed by atoms with Crippen LogP contribution in [-0.2, 0) is 0 Å². The van der Waals surface area contributed by atoms with Crippen LogP contribution >= 0.6 is 11.6 Å². The molecule has 0 fully saturated rings. The van der Waals surface area contributed by atoms with Gasteiger partial charge in [-0.2, -0.15) is 13.2 Å². The third-order valence-corrected chi connectivity index (χ3v) is 1.96. The van der Waals surface area contributed by atoms with Crippen molar-refractivity contribution in [2.75, 3.05) is 0 Å². The maximum Gasteiger partial charge on any atom is 0.407 e. The molecule has 0 bridgehead atoms. The fourth-order valence-corrected chi connectivity index (χ4v) is 1.12. The molecule has 1 atom stereocenters. The molecule has 0 spiro atoms. The number of hydrogen-bond donors (Lipinski definition) is 1. The van der Waals surface area contributed by atoms with E-state index in [0.29, 0.717) is 0 Å². The molecular formula is C8H6ClF4N. The van der Waals surface area contributed by atoms with Gasteiger partial charge in [-0.3, -0.25) is 0 Å². The van der Waals surface area contributed by atoms with Crippen LogP contribution in [0.5, 0.6) is 0 Å². The Kier molecular flexibility index (Phi) is 3.01. The van der Waals surface area contributed by atoms with Crippen molar-refractivity contribution in [3.05, 3.63) is 34.6 Å². The molecule has 0 aliphatic carbocycles. The summed E-state index contributed by atoms with van der Waals surface area (Å²) in [5, 5.41) is -0.373. The van der Waals surface area contributed by atoms with E-state index in [2.05, 4.69) is 0 Å². The van der Waals surface area contributed by atoms with Crippen LogP contribution in [0.2, 0.25) is 5.02 Å². The van der Waals surface area contributed by atoms with Gasteiger partial charge in [0.25, 0.3) is 0 Å². The van der Waals surface area contributed by atoms with Gasteiger partial charge < -0.3 is 5.73 Å². The van der Waals surface area contributed by atoms with E-state index in [4.69, 9.17) is 17.3 Å². The Morgan fingerprint density at radius 3 is 2.36 bits per heavy atom. The smallest absolute Gasteiger partial charge is 0.316 e.